The molecule has 0 amide bonds. The molecule has 2 aromatic rings. The Labute approximate surface area is 87.8 Å². The van der Waals surface area contributed by atoms with Gasteiger partial charge in [-0.15, -0.1) is 5.10 Å². The van der Waals surface area contributed by atoms with Crippen LogP contribution in [-0.2, 0) is 0 Å². The van der Waals surface area contributed by atoms with Crippen molar-refractivity contribution in [2.75, 3.05) is 0 Å². The second kappa shape index (κ2) is 5.88. The van der Waals surface area contributed by atoms with Gasteiger partial charge in [0.05, 0.1) is 0 Å². The van der Waals surface area contributed by atoms with E-state index in [1.807, 2.05) is 6.07 Å². The maximum absolute atomic E-state index is 3.31. The number of benzene rings is 1. The Morgan fingerprint density at radius 3 is 2.17 bits per heavy atom. The van der Waals surface area contributed by atoms with E-state index < -0.39 is 0 Å². The molecule has 1 aromatic heterocycles. The van der Waals surface area contributed by atoms with Crippen molar-refractivity contribution in [2.45, 2.75) is 0 Å². The maximum Gasteiger partial charge on any atom is 0.135 e. The molecule has 56 valence electrons. The summed E-state index contributed by atoms with van der Waals surface area (Å²) in [7, 11) is 0. The van der Waals surface area contributed by atoms with Crippen LogP contribution in [0.25, 0.3) is 0 Å². The zero-order chi connectivity index (χ0) is 8.65. The predicted molar refractivity (Wildman–Crippen MR) is 46.0 cm³/mol. The average molecular weight is 170 g/mol. The van der Waals surface area contributed by atoms with Crippen molar-refractivity contribution in [1.82, 2.24) is 20.6 Å². The van der Waals surface area contributed by atoms with E-state index in [2.05, 4.69) is 44.9 Å². The quantitative estimate of drug-likeness (QED) is 0.551. The van der Waals surface area contributed by atoms with Crippen molar-refractivity contribution in [3.63, 3.8) is 0 Å². The Kier molecular flexibility index (Phi) is 4.60. The van der Waals surface area contributed by atoms with Crippen molar-refractivity contribution in [3.8, 4) is 0 Å². The van der Waals surface area contributed by atoms with Crippen LogP contribution in [0.2, 0.25) is 0 Å². The van der Waals surface area contributed by atoms with Crippen LogP contribution in [0.1, 0.15) is 0 Å². The van der Waals surface area contributed by atoms with Crippen LogP contribution in [0.4, 0.5) is 0 Å². The van der Waals surface area contributed by atoms with Crippen LogP contribution in [0.5, 0.6) is 0 Å². The normalized spacial score (nSPS) is 8.50. The first kappa shape index (κ1) is 9.38. The second-order valence-electron chi connectivity index (χ2n) is 2.22. The van der Waals surface area contributed by atoms with Crippen LogP contribution in [0.3, 0.4) is 0 Å². The number of rotatable bonds is 0. The van der Waals surface area contributed by atoms with E-state index in [0.717, 1.165) is 0 Å². The summed E-state index contributed by atoms with van der Waals surface area (Å²) in [5.74, 6) is 0. The van der Waals surface area contributed by atoms with Crippen LogP contribution in [0.15, 0.2) is 36.7 Å². The van der Waals surface area contributed by atoms with Gasteiger partial charge in [-0.3, -0.25) is 0 Å². The van der Waals surface area contributed by atoms with Gasteiger partial charge in [0.25, 0.3) is 0 Å². The second-order valence-corrected chi connectivity index (χ2v) is 3.37. The molecule has 0 aliphatic rings. The fraction of sp³-hybridized carbons (Fsp3) is 0. The van der Waals surface area contributed by atoms with Crippen molar-refractivity contribution in [3.05, 3.63) is 36.7 Å². The zero-order valence-corrected chi connectivity index (χ0v) is 8.81. The molecule has 0 aliphatic heterocycles. The van der Waals surface area contributed by atoms with Gasteiger partial charge >= 0.3 is 61.1 Å². The first-order valence-electron chi connectivity index (χ1n) is 3.58. The minimum Gasteiger partial charge on any atom is -0.246 e. The molecule has 0 atom stereocenters. The van der Waals surface area contributed by atoms with Gasteiger partial charge in [0.1, 0.15) is 6.33 Å². The van der Waals surface area contributed by atoms with E-state index in [-0.39, 0.29) is 0 Å². The fourth-order valence-electron chi connectivity index (χ4n) is 0.663. The van der Waals surface area contributed by atoms with E-state index in [4.69, 9.17) is 0 Å². The number of H-pyrrole nitrogens is 1. The third-order valence-corrected chi connectivity index (χ3v) is 1.88. The summed E-state index contributed by atoms with van der Waals surface area (Å²) in [4.78, 5) is 0. The summed E-state index contributed by atoms with van der Waals surface area (Å²) in [5, 5.41) is 12.1. The third-order valence-electron chi connectivity index (χ3n) is 1.21. The summed E-state index contributed by atoms with van der Waals surface area (Å²) in [6.45, 7) is 0. The molecule has 0 bridgehead atoms. The molecular weight excluding hydrogens is 163 g/mol. The number of hydrogen-bond donors (Lipinski definition) is 1. The molecule has 1 heterocycles. The molecule has 1 aromatic carbocycles. The number of tetrazole rings is 1. The largest absolute Gasteiger partial charge is 0.246 e. The van der Waals surface area contributed by atoms with Gasteiger partial charge < -0.3 is 0 Å². The number of nitrogens with zero attached hydrogens (tertiary/aromatic N) is 3. The fourth-order valence-corrected chi connectivity index (χ4v) is 1.05. The standard InChI is InChI=1S/C6H5.CH2N4.Na/c1-2-4-6-5-3-1;1-2-4-5-3-1;/h1-5H;1H,(H,2,3,4,5);. The Morgan fingerprint density at radius 1 is 1.17 bits per heavy atom. The van der Waals surface area contributed by atoms with Crippen LogP contribution in [0, 0.1) is 0 Å². The summed E-state index contributed by atoms with van der Waals surface area (Å²) in [5.41, 5.74) is 0. The minimum absolute atomic E-state index is 1.17. The third kappa shape index (κ3) is 4.23. The molecule has 0 unspecified atom stereocenters. The molecule has 0 spiro atoms. The Morgan fingerprint density at radius 2 is 1.92 bits per heavy atom. The van der Waals surface area contributed by atoms with E-state index >= 15 is 0 Å². The molecule has 2 rings (SSSR count). The van der Waals surface area contributed by atoms with Crippen molar-refractivity contribution < 1.29 is 0 Å². The van der Waals surface area contributed by atoms with E-state index in [0.29, 0.717) is 0 Å². The van der Waals surface area contributed by atoms with Crippen LogP contribution >= 0.6 is 0 Å². The van der Waals surface area contributed by atoms with E-state index in [1.54, 1.807) is 0 Å². The topological polar surface area (TPSA) is 54.5 Å². The molecule has 12 heavy (non-hydrogen) atoms. The van der Waals surface area contributed by atoms with Gasteiger partial charge in [-0.1, -0.05) is 0 Å². The molecule has 5 heteroatoms. The Bertz CT molecular complexity index is 264. The van der Waals surface area contributed by atoms with Gasteiger partial charge in [0.2, 0.25) is 0 Å². The van der Waals surface area contributed by atoms with Gasteiger partial charge in [-0.05, 0) is 10.4 Å². The molecule has 0 radical (unpaired) electrons. The summed E-state index contributed by atoms with van der Waals surface area (Å²) < 4.78 is 1.46. The van der Waals surface area contributed by atoms with E-state index in [9.17, 15) is 0 Å². The van der Waals surface area contributed by atoms with Gasteiger partial charge in [0.15, 0.2) is 0 Å². The number of nitrogens with one attached hydrogen (secondary N) is 1. The van der Waals surface area contributed by atoms with Crippen LogP contribution < -0.4 is 2.81 Å². The Hall–Kier alpha value is -0.710. The van der Waals surface area contributed by atoms with E-state index in [1.165, 1.54) is 37.1 Å². The molecule has 0 saturated heterocycles. The van der Waals surface area contributed by atoms with Crippen molar-refractivity contribution >= 4 is 30.7 Å². The first-order chi connectivity index (χ1) is 5.89. The number of hydrogen-bond acceptors (Lipinski definition) is 3. The first-order valence-corrected chi connectivity index (χ1v) is 4.58. The molecule has 0 saturated carbocycles. The summed E-state index contributed by atoms with van der Waals surface area (Å²) in [6.07, 6.45) is 1.40. The predicted octanol–water partition coefficient (Wildman–Crippen LogP) is -0.320. The molecule has 0 fully saturated rings. The van der Waals surface area contributed by atoms with Crippen molar-refractivity contribution in [1.29, 1.82) is 0 Å². The Balaban J connectivity index is 0.000000127. The number of aromatic nitrogens is 4. The minimum atomic E-state index is 1.17. The molecule has 1 N–H and O–H groups in total. The molecular formula is C7H7N4Na. The van der Waals surface area contributed by atoms with Gasteiger partial charge in [0, 0.05) is 0 Å². The maximum atomic E-state index is 3.31. The van der Waals surface area contributed by atoms with Crippen molar-refractivity contribution in [2.24, 2.45) is 0 Å². The smallest absolute Gasteiger partial charge is 0.135 e. The monoisotopic (exact) mass is 170 g/mol. The molecule has 4 nitrogen and oxygen atoms in total. The molecule has 0 aliphatic carbocycles. The average Bonchev–Trinajstić information content (AvgIpc) is 2.62. The van der Waals surface area contributed by atoms with Gasteiger partial charge in [-0.2, -0.15) is 0 Å². The van der Waals surface area contributed by atoms with Crippen LogP contribution in [-0.4, -0.2) is 48.6 Å². The zero-order valence-electron chi connectivity index (χ0n) is 6.81. The SMILES string of the molecule is [Na][c]1ccccc1.c1nnn[nH]1. The summed E-state index contributed by atoms with van der Waals surface area (Å²) >= 11 is 1.17. The van der Waals surface area contributed by atoms with Gasteiger partial charge in [-0.25, -0.2) is 5.10 Å². The number of aromatic amines is 1. The summed E-state index contributed by atoms with van der Waals surface area (Å²) in [6, 6.07) is 10.5.